The van der Waals surface area contributed by atoms with E-state index in [9.17, 15) is 4.39 Å². The molecule has 1 aromatic carbocycles. The van der Waals surface area contributed by atoms with Crippen LogP contribution in [0.15, 0.2) is 30.3 Å². The topological polar surface area (TPSA) is 60.9 Å². The van der Waals surface area contributed by atoms with E-state index in [1.807, 2.05) is 24.6 Å². The highest BCUT2D eigenvalue weighted by Crippen LogP contribution is 2.27. The predicted octanol–water partition coefficient (Wildman–Crippen LogP) is 3.18. The number of halogens is 1. The molecular formula is C15H13FN6S. The molecule has 0 fully saturated rings. The lowest BCUT2D eigenvalue weighted by atomic mass is 10.2. The molecule has 4 aromatic rings. The Kier molecular flexibility index (Phi) is 3.19. The van der Waals surface area contributed by atoms with Gasteiger partial charge in [-0.05, 0) is 32.0 Å². The highest BCUT2D eigenvalue weighted by atomic mass is 32.1. The van der Waals surface area contributed by atoms with Gasteiger partial charge in [0.15, 0.2) is 10.8 Å². The fourth-order valence-corrected chi connectivity index (χ4v) is 3.26. The zero-order valence-electron chi connectivity index (χ0n) is 12.6. The number of rotatable bonds is 3. The molecule has 116 valence electrons. The van der Waals surface area contributed by atoms with Crippen molar-refractivity contribution in [3.63, 3.8) is 0 Å². The summed E-state index contributed by atoms with van der Waals surface area (Å²) in [6.45, 7) is 4.87. The van der Waals surface area contributed by atoms with Crippen LogP contribution in [0.4, 0.5) is 4.39 Å². The largest absolute Gasteiger partial charge is 0.269 e. The molecule has 0 unspecified atom stereocenters. The Morgan fingerprint density at radius 2 is 2.04 bits per heavy atom. The third-order valence-corrected chi connectivity index (χ3v) is 4.49. The summed E-state index contributed by atoms with van der Waals surface area (Å²) in [6, 6.07) is 8.25. The second-order valence-corrected chi connectivity index (χ2v) is 6.08. The Balaban J connectivity index is 1.83. The first kappa shape index (κ1) is 14.0. The Bertz CT molecular complexity index is 999. The molecule has 0 amide bonds. The first-order valence-corrected chi connectivity index (χ1v) is 8.00. The lowest BCUT2D eigenvalue weighted by molar-refractivity contribution is 0.628. The minimum Gasteiger partial charge on any atom is -0.269 e. The van der Waals surface area contributed by atoms with Gasteiger partial charge in [0.25, 0.3) is 0 Å². The minimum atomic E-state index is -0.313. The highest BCUT2D eigenvalue weighted by molar-refractivity contribution is 7.19. The smallest absolute Gasteiger partial charge is 0.235 e. The highest BCUT2D eigenvalue weighted by Gasteiger charge is 2.16. The lowest BCUT2D eigenvalue weighted by Crippen LogP contribution is -1.98. The van der Waals surface area contributed by atoms with Crippen LogP contribution in [0.2, 0.25) is 0 Å². The van der Waals surface area contributed by atoms with Gasteiger partial charge in [0, 0.05) is 17.8 Å². The number of nitrogens with zero attached hydrogens (tertiary/aromatic N) is 6. The van der Waals surface area contributed by atoms with Crippen LogP contribution in [0.1, 0.15) is 12.6 Å². The number of benzene rings is 1. The van der Waals surface area contributed by atoms with Gasteiger partial charge in [0.1, 0.15) is 11.5 Å². The van der Waals surface area contributed by atoms with E-state index in [2.05, 4.69) is 20.4 Å². The van der Waals surface area contributed by atoms with E-state index in [-0.39, 0.29) is 5.82 Å². The van der Waals surface area contributed by atoms with E-state index in [1.54, 1.807) is 16.6 Å². The van der Waals surface area contributed by atoms with Crippen molar-refractivity contribution in [2.75, 3.05) is 0 Å². The molecule has 0 N–H and O–H groups in total. The Labute approximate surface area is 135 Å². The van der Waals surface area contributed by atoms with Crippen molar-refractivity contribution in [2.45, 2.75) is 20.4 Å². The summed E-state index contributed by atoms with van der Waals surface area (Å²) in [5.41, 5.74) is 2.54. The van der Waals surface area contributed by atoms with E-state index in [4.69, 9.17) is 0 Å². The molecule has 0 aliphatic carbocycles. The maximum atomic E-state index is 13.4. The van der Waals surface area contributed by atoms with Gasteiger partial charge in [-0.2, -0.15) is 14.7 Å². The average Bonchev–Trinajstić information content (AvgIpc) is 3.19. The summed E-state index contributed by atoms with van der Waals surface area (Å²) in [5.74, 6) is 0.209. The Morgan fingerprint density at radius 1 is 1.17 bits per heavy atom. The van der Waals surface area contributed by atoms with E-state index >= 15 is 0 Å². The van der Waals surface area contributed by atoms with Crippen molar-refractivity contribution in [1.29, 1.82) is 0 Å². The maximum absolute atomic E-state index is 13.4. The molecule has 8 heteroatoms. The summed E-state index contributed by atoms with van der Waals surface area (Å²) in [7, 11) is 0. The third kappa shape index (κ3) is 2.31. The molecule has 0 atom stereocenters. The number of hydrogen-bond donors (Lipinski definition) is 0. The van der Waals surface area contributed by atoms with Crippen LogP contribution in [0, 0.1) is 12.7 Å². The fourth-order valence-electron chi connectivity index (χ4n) is 2.46. The molecule has 3 aromatic heterocycles. The number of hydrogen-bond acceptors (Lipinski definition) is 5. The lowest BCUT2D eigenvalue weighted by Gasteiger charge is -1.96. The van der Waals surface area contributed by atoms with E-state index in [0.717, 1.165) is 22.9 Å². The molecule has 0 aliphatic heterocycles. The standard InChI is InChI=1S/C15H13FN6S/c1-3-21-9(2)7-12(19-21)14-20-22-13(17-18-15(22)23-14)10-5-4-6-11(16)8-10/h4-8H,3H2,1-2H3. The quantitative estimate of drug-likeness (QED) is 0.579. The normalized spacial score (nSPS) is 11.4. The maximum Gasteiger partial charge on any atom is 0.235 e. The summed E-state index contributed by atoms with van der Waals surface area (Å²) in [5, 5.41) is 18.1. The van der Waals surface area contributed by atoms with Crippen LogP contribution in [-0.2, 0) is 6.54 Å². The summed E-state index contributed by atoms with van der Waals surface area (Å²) in [6.07, 6.45) is 0. The summed E-state index contributed by atoms with van der Waals surface area (Å²) >= 11 is 1.41. The molecule has 3 heterocycles. The van der Waals surface area contributed by atoms with Gasteiger partial charge in [-0.25, -0.2) is 4.39 Å². The predicted molar refractivity (Wildman–Crippen MR) is 85.7 cm³/mol. The minimum absolute atomic E-state index is 0.313. The molecule has 0 spiro atoms. The van der Waals surface area contributed by atoms with Crippen LogP contribution in [-0.4, -0.2) is 29.6 Å². The Morgan fingerprint density at radius 3 is 2.78 bits per heavy atom. The molecule has 0 radical (unpaired) electrons. The van der Waals surface area contributed by atoms with Gasteiger partial charge in [-0.15, -0.1) is 10.2 Å². The van der Waals surface area contributed by atoms with Crippen molar-refractivity contribution >= 4 is 16.3 Å². The van der Waals surface area contributed by atoms with Crippen molar-refractivity contribution < 1.29 is 4.39 Å². The van der Waals surface area contributed by atoms with Crippen molar-refractivity contribution in [3.05, 3.63) is 41.8 Å². The molecule has 4 rings (SSSR count). The zero-order chi connectivity index (χ0) is 16.0. The number of fused-ring (bicyclic) bond motifs is 1. The third-order valence-electron chi connectivity index (χ3n) is 3.57. The van der Waals surface area contributed by atoms with Crippen molar-refractivity contribution in [2.24, 2.45) is 0 Å². The SMILES string of the molecule is CCn1nc(-c2nn3c(-c4cccc(F)c4)nnc3s2)cc1C. The van der Waals surface area contributed by atoms with Gasteiger partial charge < -0.3 is 0 Å². The zero-order valence-corrected chi connectivity index (χ0v) is 13.4. The monoisotopic (exact) mass is 328 g/mol. The molecule has 0 aliphatic rings. The number of aromatic nitrogens is 6. The van der Waals surface area contributed by atoms with Crippen molar-refractivity contribution in [3.8, 4) is 22.1 Å². The summed E-state index contributed by atoms with van der Waals surface area (Å²) < 4.78 is 17.0. The number of aryl methyl sites for hydroxylation is 2. The molecule has 0 bridgehead atoms. The van der Waals surface area contributed by atoms with E-state index < -0.39 is 0 Å². The molecule has 23 heavy (non-hydrogen) atoms. The van der Waals surface area contributed by atoms with Gasteiger partial charge in [-0.3, -0.25) is 4.68 Å². The first-order valence-electron chi connectivity index (χ1n) is 7.18. The first-order chi connectivity index (χ1) is 11.2. The molecule has 0 saturated carbocycles. The van der Waals surface area contributed by atoms with E-state index in [1.165, 1.54) is 23.5 Å². The van der Waals surface area contributed by atoms with Gasteiger partial charge in [0.05, 0.1) is 0 Å². The molecule has 6 nitrogen and oxygen atoms in total. The van der Waals surface area contributed by atoms with Crippen LogP contribution in [0.5, 0.6) is 0 Å². The van der Waals surface area contributed by atoms with Crippen LogP contribution in [0.3, 0.4) is 0 Å². The van der Waals surface area contributed by atoms with Gasteiger partial charge in [0.2, 0.25) is 4.96 Å². The average molecular weight is 328 g/mol. The van der Waals surface area contributed by atoms with Crippen molar-refractivity contribution in [1.82, 2.24) is 29.6 Å². The van der Waals surface area contributed by atoms with Gasteiger partial charge >= 0.3 is 0 Å². The summed E-state index contributed by atoms with van der Waals surface area (Å²) in [4.78, 5) is 0.656. The fraction of sp³-hybridized carbons (Fsp3) is 0.200. The second kappa shape index (κ2) is 5.24. The van der Waals surface area contributed by atoms with E-state index in [0.29, 0.717) is 16.3 Å². The van der Waals surface area contributed by atoms with Crippen LogP contribution >= 0.6 is 11.3 Å². The van der Waals surface area contributed by atoms with Crippen LogP contribution in [0.25, 0.3) is 27.1 Å². The molecule has 0 saturated heterocycles. The molecular weight excluding hydrogens is 315 g/mol. The van der Waals surface area contributed by atoms with Crippen LogP contribution < -0.4 is 0 Å². The van der Waals surface area contributed by atoms with Gasteiger partial charge in [-0.1, -0.05) is 23.5 Å². The second-order valence-electron chi connectivity index (χ2n) is 5.12. The Hall–Kier alpha value is -2.61.